The van der Waals surface area contributed by atoms with E-state index in [1.165, 1.54) is 0 Å². The maximum Gasteiger partial charge on any atom is 0.130 e. The second-order valence-electron chi connectivity index (χ2n) is 3.83. The molecular formula is C13H7ClN4. The molecule has 0 radical (unpaired) electrons. The van der Waals surface area contributed by atoms with Crippen LogP contribution in [0.1, 0.15) is 0 Å². The minimum absolute atomic E-state index is 0.320. The first-order chi connectivity index (χ1) is 8.79. The summed E-state index contributed by atoms with van der Waals surface area (Å²) in [5, 5.41) is 6.92. The van der Waals surface area contributed by atoms with Crippen LogP contribution in [-0.2, 0) is 0 Å². The Balaban J connectivity index is 2.59. The lowest BCUT2D eigenvalue weighted by Gasteiger charge is -2.06. The molecule has 0 aliphatic rings. The van der Waals surface area contributed by atoms with Crippen molar-refractivity contribution in [3.05, 3.63) is 58.1 Å². The Labute approximate surface area is 107 Å². The summed E-state index contributed by atoms with van der Waals surface area (Å²) in [4.78, 5) is 7.09. The molecule has 4 nitrogen and oxygen atoms in total. The molecule has 0 saturated heterocycles. The average Bonchev–Trinajstić information content (AvgIpc) is 2.38. The summed E-state index contributed by atoms with van der Waals surface area (Å²) in [6, 6.07) is 13.3. The molecule has 1 heterocycles. The zero-order valence-corrected chi connectivity index (χ0v) is 9.96. The summed E-state index contributed by atoms with van der Waals surface area (Å²) in [5.41, 5.74) is 9.87. The van der Waals surface area contributed by atoms with E-state index in [1.807, 2.05) is 36.4 Å². The second kappa shape index (κ2) is 4.18. The third kappa shape index (κ3) is 1.64. The topological polar surface area (TPSA) is 61.7 Å². The van der Waals surface area contributed by atoms with Crippen molar-refractivity contribution < 1.29 is 0 Å². The monoisotopic (exact) mass is 254 g/mol. The number of aromatic nitrogens is 1. The Morgan fingerprint density at radius 1 is 1.17 bits per heavy atom. The molecule has 0 unspecified atom stereocenters. The highest BCUT2D eigenvalue weighted by molar-refractivity contribution is 6.30. The van der Waals surface area contributed by atoms with Gasteiger partial charge in [0.25, 0.3) is 0 Å². The average molecular weight is 255 g/mol. The lowest BCUT2D eigenvalue weighted by atomic mass is 10.0. The van der Waals surface area contributed by atoms with E-state index in [0.717, 1.165) is 21.7 Å². The van der Waals surface area contributed by atoms with E-state index in [-0.39, 0.29) is 0 Å². The summed E-state index contributed by atoms with van der Waals surface area (Å²) in [7, 11) is 0. The van der Waals surface area contributed by atoms with Crippen LogP contribution in [0.3, 0.4) is 0 Å². The molecular weight excluding hydrogens is 248 g/mol. The van der Waals surface area contributed by atoms with Gasteiger partial charge in [-0.2, -0.15) is 0 Å². The first-order valence-corrected chi connectivity index (χ1v) is 5.70. The molecule has 1 aromatic heterocycles. The number of azide groups is 1. The van der Waals surface area contributed by atoms with Crippen LogP contribution in [0, 0.1) is 0 Å². The molecule has 0 fully saturated rings. The van der Waals surface area contributed by atoms with Crippen LogP contribution < -0.4 is 0 Å². The second-order valence-corrected chi connectivity index (χ2v) is 4.22. The Hall–Kier alpha value is -2.29. The Bertz CT molecular complexity index is 807. The van der Waals surface area contributed by atoms with Crippen molar-refractivity contribution in [3.63, 3.8) is 0 Å². The highest BCUT2D eigenvalue weighted by atomic mass is 35.5. The molecule has 0 spiro atoms. The van der Waals surface area contributed by atoms with Gasteiger partial charge in [-0.25, -0.2) is 4.98 Å². The first-order valence-electron chi connectivity index (χ1n) is 5.33. The zero-order chi connectivity index (χ0) is 12.5. The standard InChI is InChI=1S/C13H7ClN4/c14-12-7-11(17-18-15)13-9-4-2-1-3-8(9)5-6-10(13)16-12/h1-7H. The van der Waals surface area contributed by atoms with Gasteiger partial charge in [0.15, 0.2) is 0 Å². The fourth-order valence-corrected chi connectivity index (χ4v) is 2.28. The van der Waals surface area contributed by atoms with Crippen molar-refractivity contribution in [2.45, 2.75) is 0 Å². The maximum absolute atomic E-state index is 8.64. The molecule has 3 rings (SSSR count). The van der Waals surface area contributed by atoms with Gasteiger partial charge in [-0.3, -0.25) is 0 Å². The molecule has 3 aromatic rings. The fourth-order valence-electron chi connectivity index (χ4n) is 2.08. The van der Waals surface area contributed by atoms with Gasteiger partial charge < -0.3 is 0 Å². The van der Waals surface area contributed by atoms with E-state index >= 15 is 0 Å². The van der Waals surface area contributed by atoms with Crippen molar-refractivity contribution >= 4 is 39.0 Å². The van der Waals surface area contributed by atoms with E-state index < -0.39 is 0 Å². The molecule has 0 saturated carbocycles. The first kappa shape index (κ1) is 10.8. The van der Waals surface area contributed by atoms with Crippen LogP contribution in [-0.4, -0.2) is 4.98 Å². The van der Waals surface area contributed by atoms with Crippen molar-refractivity contribution in [1.29, 1.82) is 0 Å². The molecule has 86 valence electrons. The number of pyridine rings is 1. The molecule has 0 aliphatic carbocycles. The van der Waals surface area contributed by atoms with Gasteiger partial charge in [0.2, 0.25) is 0 Å². The minimum atomic E-state index is 0.320. The molecule has 0 bridgehead atoms. The smallest absolute Gasteiger partial charge is 0.130 e. The highest BCUT2D eigenvalue weighted by Gasteiger charge is 2.07. The van der Waals surface area contributed by atoms with Gasteiger partial charge >= 0.3 is 0 Å². The largest absolute Gasteiger partial charge is 0.236 e. The number of fused-ring (bicyclic) bond motifs is 3. The minimum Gasteiger partial charge on any atom is -0.236 e. The number of rotatable bonds is 1. The number of hydrogen-bond acceptors (Lipinski definition) is 2. The highest BCUT2D eigenvalue weighted by Crippen LogP contribution is 2.33. The summed E-state index contributed by atoms with van der Waals surface area (Å²) in [6.45, 7) is 0. The molecule has 0 aliphatic heterocycles. The van der Waals surface area contributed by atoms with Crippen molar-refractivity contribution in [3.8, 4) is 0 Å². The van der Waals surface area contributed by atoms with Crippen molar-refractivity contribution in [2.75, 3.05) is 0 Å². The van der Waals surface area contributed by atoms with Crippen LogP contribution in [0.2, 0.25) is 5.15 Å². The van der Waals surface area contributed by atoms with E-state index in [1.54, 1.807) is 6.07 Å². The van der Waals surface area contributed by atoms with E-state index in [9.17, 15) is 0 Å². The zero-order valence-electron chi connectivity index (χ0n) is 9.21. The summed E-state index contributed by atoms with van der Waals surface area (Å²) in [6.07, 6.45) is 0. The van der Waals surface area contributed by atoms with Crippen LogP contribution in [0.5, 0.6) is 0 Å². The van der Waals surface area contributed by atoms with Gasteiger partial charge in [0.05, 0.1) is 11.2 Å². The third-order valence-electron chi connectivity index (χ3n) is 2.80. The van der Waals surface area contributed by atoms with E-state index in [0.29, 0.717) is 10.8 Å². The Kier molecular flexibility index (Phi) is 2.52. The SMILES string of the molecule is [N-]=[N+]=Nc1cc(Cl)nc2ccc3ccccc3c12. The molecule has 0 N–H and O–H groups in total. The van der Waals surface area contributed by atoms with Gasteiger partial charge in [-0.15, -0.1) is 0 Å². The van der Waals surface area contributed by atoms with Gasteiger partial charge in [-0.1, -0.05) is 47.0 Å². The summed E-state index contributed by atoms with van der Waals surface area (Å²) in [5.74, 6) is 0. The fraction of sp³-hybridized carbons (Fsp3) is 0. The molecule has 2 aromatic carbocycles. The molecule has 5 heteroatoms. The number of hydrogen-bond donors (Lipinski definition) is 0. The van der Waals surface area contributed by atoms with Crippen LogP contribution in [0.4, 0.5) is 5.69 Å². The van der Waals surface area contributed by atoms with Crippen LogP contribution >= 0.6 is 11.6 Å². The van der Waals surface area contributed by atoms with Gasteiger partial charge in [0, 0.05) is 10.3 Å². The summed E-state index contributed by atoms with van der Waals surface area (Å²) >= 11 is 5.92. The van der Waals surface area contributed by atoms with E-state index in [4.69, 9.17) is 17.1 Å². The summed E-state index contributed by atoms with van der Waals surface area (Å²) < 4.78 is 0. The van der Waals surface area contributed by atoms with Crippen molar-refractivity contribution in [2.24, 2.45) is 5.11 Å². The normalized spacial score (nSPS) is 10.5. The quantitative estimate of drug-likeness (QED) is 0.198. The Morgan fingerprint density at radius 2 is 2.00 bits per heavy atom. The molecule has 18 heavy (non-hydrogen) atoms. The third-order valence-corrected chi connectivity index (χ3v) is 2.99. The van der Waals surface area contributed by atoms with E-state index in [2.05, 4.69) is 15.0 Å². The lowest BCUT2D eigenvalue weighted by molar-refractivity contribution is 1.39. The number of nitrogens with zero attached hydrogens (tertiary/aromatic N) is 4. The number of halogens is 1. The molecule has 0 amide bonds. The van der Waals surface area contributed by atoms with Crippen molar-refractivity contribution in [1.82, 2.24) is 4.98 Å². The predicted octanol–water partition coefficient (Wildman–Crippen LogP) is 4.98. The Morgan fingerprint density at radius 3 is 2.83 bits per heavy atom. The number of benzene rings is 2. The predicted molar refractivity (Wildman–Crippen MR) is 73.1 cm³/mol. The van der Waals surface area contributed by atoms with Gasteiger partial charge in [-0.05, 0) is 28.4 Å². The maximum atomic E-state index is 8.64. The van der Waals surface area contributed by atoms with Gasteiger partial charge in [0.1, 0.15) is 5.15 Å². The molecule has 0 atom stereocenters. The van der Waals surface area contributed by atoms with Crippen LogP contribution in [0.15, 0.2) is 47.6 Å². The lowest BCUT2D eigenvalue weighted by Crippen LogP contribution is -1.83. The van der Waals surface area contributed by atoms with Crippen LogP contribution in [0.25, 0.3) is 32.1 Å².